The van der Waals surface area contributed by atoms with Crippen molar-refractivity contribution in [3.63, 3.8) is 0 Å². The monoisotopic (exact) mass is 940 g/mol. The second-order valence-corrected chi connectivity index (χ2v) is 29.5. The van der Waals surface area contributed by atoms with Crippen LogP contribution in [-0.2, 0) is 8.85 Å². The molecule has 2 atom stereocenters. The van der Waals surface area contributed by atoms with Crippen molar-refractivity contribution >= 4 is 39.8 Å². The number of nitrogens with zero attached hydrogens (tertiary/aromatic N) is 4. The Kier molecular flexibility index (Phi) is 17.6. The van der Waals surface area contributed by atoms with Crippen LogP contribution in [0.25, 0.3) is 0 Å². The third-order valence-electron chi connectivity index (χ3n) is 13.6. The van der Waals surface area contributed by atoms with E-state index in [1.54, 1.807) is 9.80 Å². The molecule has 2 aromatic carbocycles. The van der Waals surface area contributed by atoms with Crippen LogP contribution in [0.3, 0.4) is 0 Å². The van der Waals surface area contributed by atoms with Gasteiger partial charge in [-0.1, -0.05) is 64.8 Å². The zero-order valence-electron chi connectivity index (χ0n) is 41.1. The number of carbonyl (C=O) groups is 2. The molecular weight excluding hydrogens is 869 g/mol. The van der Waals surface area contributed by atoms with Gasteiger partial charge in [0.1, 0.15) is 11.1 Å². The molecule has 4 rings (SSSR count). The maximum Gasteiger partial charge on any atom is 0.286 e. The number of unbranched alkanes of at least 4 members (excludes halogenated alkanes) is 2. The van der Waals surface area contributed by atoms with Gasteiger partial charge in [0.2, 0.25) is 0 Å². The molecule has 0 N–H and O–H groups in total. The molecule has 0 saturated carbocycles. The largest absolute Gasteiger partial charge is 0.493 e. The van der Waals surface area contributed by atoms with Crippen LogP contribution in [0.4, 0.5) is 11.4 Å². The van der Waals surface area contributed by atoms with Crippen LogP contribution in [-0.4, -0.2) is 114 Å². The van der Waals surface area contributed by atoms with Gasteiger partial charge >= 0.3 is 0 Å². The Morgan fingerprint density at radius 1 is 0.646 bits per heavy atom. The van der Waals surface area contributed by atoms with Gasteiger partial charge in [0.05, 0.1) is 74.7 Å². The normalized spacial score (nSPS) is 18.4. The Bertz CT molecular complexity index is 1980. The summed E-state index contributed by atoms with van der Waals surface area (Å²) in [6, 6.07) is 4.69. The summed E-state index contributed by atoms with van der Waals surface area (Å²) in [5.41, 5.74) is 1.18. The number of ether oxygens (including phenoxy) is 4. The third-order valence-corrected chi connectivity index (χ3v) is 22.6. The van der Waals surface area contributed by atoms with Crippen LogP contribution < -0.4 is 18.9 Å². The summed E-state index contributed by atoms with van der Waals surface area (Å²) in [5, 5.41) is 24.7. The molecule has 0 bridgehead atoms. The number of benzene rings is 2. The molecule has 360 valence electrons. The van der Waals surface area contributed by atoms with Crippen LogP contribution in [0.1, 0.15) is 108 Å². The first-order valence-corrected chi connectivity index (χ1v) is 28.3. The van der Waals surface area contributed by atoms with Gasteiger partial charge in [0, 0.05) is 25.2 Å². The number of hydrogen-bond acceptors (Lipinski definition) is 12. The predicted octanol–water partition coefficient (Wildman–Crippen LogP) is 10.5. The SMILES string of the molecule is C/C=C1\C[C@@H](CO[Si](C)(C)C(C)(C)C)N(C(=O)c2cc(OC)c(OCCCCCOc3cc([N+](=O)[O-])c(C(=O)N4C/C(=C/C)C[C@H]4CO[Si](C)(C)C(C)(C)C)cc3OC)cc2[N+](=O)[O-])C1. The summed E-state index contributed by atoms with van der Waals surface area (Å²) in [5.74, 6) is -0.291. The van der Waals surface area contributed by atoms with Gasteiger partial charge in [0.15, 0.2) is 39.6 Å². The summed E-state index contributed by atoms with van der Waals surface area (Å²) in [4.78, 5) is 55.1. The Hall–Kier alpha value is -4.79. The van der Waals surface area contributed by atoms with Gasteiger partial charge in [-0.05, 0) is 82.2 Å². The van der Waals surface area contributed by atoms with Crippen molar-refractivity contribution in [3.05, 3.63) is 78.9 Å². The number of rotatable bonds is 20. The van der Waals surface area contributed by atoms with Gasteiger partial charge in [-0.15, -0.1) is 0 Å². The molecule has 0 unspecified atom stereocenters. The molecule has 2 aliphatic rings. The summed E-state index contributed by atoms with van der Waals surface area (Å²) >= 11 is 0. The van der Waals surface area contributed by atoms with Crippen molar-refractivity contribution in [2.75, 3.05) is 53.7 Å². The lowest BCUT2D eigenvalue weighted by molar-refractivity contribution is -0.385. The molecule has 2 aliphatic heterocycles. The number of nitro benzene ring substituents is 2. The van der Waals surface area contributed by atoms with Crippen molar-refractivity contribution < 1.29 is 47.2 Å². The Morgan fingerprint density at radius 2 is 1.00 bits per heavy atom. The van der Waals surface area contributed by atoms with Crippen LogP contribution in [0.2, 0.25) is 36.3 Å². The first kappa shape index (κ1) is 52.8. The quantitative estimate of drug-likeness (QED) is 0.0403. The highest BCUT2D eigenvalue weighted by Gasteiger charge is 2.43. The molecule has 0 aliphatic carbocycles. The minimum atomic E-state index is -2.12. The molecule has 2 heterocycles. The van der Waals surface area contributed by atoms with Crippen LogP contribution in [0.5, 0.6) is 23.0 Å². The van der Waals surface area contributed by atoms with E-state index in [4.69, 9.17) is 27.8 Å². The molecule has 2 amide bonds. The number of likely N-dealkylation sites (tertiary alicyclic amines) is 2. The lowest BCUT2D eigenvalue weighted by Crippen LogP contribution is -2.46. The second kappa shape index (κ2) is 21.7. The van der Waals surface area contributed by atoms with Crippen LogP contribution in [0, 0.1) is 20.2 Å². The molecule has 16 nitrogen and oxygen atoms in total. The van der Waals surface area contributed by atoms with E-state index < -0.39 is 38.3 Å². The second-order valence-electron chi connectivity index (χ2n) is 19.9. The summed E-state index contributed by atoms with van der Waals surface area (Å²) in [6.45, 7) is 27.1. The van der Waals surface area contributed by atoms with Crippen LogP contribution in [0.15, 0.2) is 47.6 Å². The number of amides is 2. The fourth-order valence-corrected chi connectivity index (χ4v) is 9.31. The van der Waals surface area contributed by atoms with E-state index in [-0.39, 0.29) is 80.9 Å². The number of allylic oxidation sites excluding steroid dienone is 2. The van der Waals surface area contributed by atoms with E-state index >= 15 is 0 Å². The fourth-order valence-electron chi connectivity index (χ4n) is 7.23. The van der Waals surface area contributed by atoms with Crippen molar-refractivity contribution in [2.45, 2.75) is 136 Å². The summed E-state index contributed by atoms with van der Waals surface area (Å²) in [6.07, 6.45) is 6.89. The van der Waals surface area contributed by atoms with Gasteiger partial charge in [0.25, 0.3) is 23.2 Å². The Balaban J connectivity index is 1.40. The Morgan fingerprint density at radius 3 is 1.29 bits per heavy atom. The van der Waals surface area contributed by atoms with Gasteiger partial charge in [-0.2, -0.15) is 0 Å². The zero-order chi connectivity index (χ0) is 48.7. The maximum atomic E-state index is 14.1. The molecule has 2 aromatic rings. The molecule has 0 spiro atoms. The third kappa shape index (κ3) is 12.8. The Labute approximate surface area is 387 Å². The van der Waals surface area contributed by atoms with E-state index in [1.165, 1.54) is 38.5 Å². The van der Waals surface area contributed by atoms with Crippen molar-refractivity contribution in [1.29, 1.82) is 0 Å². The number of carbonyl (C=O) groups excluding carboxylic acids is 2. The van der Waals surface area contributed by atoms with E-state index in [1.807, 2.05) is 26.0 Å². The first-order chi connectivity index (χ1) is 30.3. The van der Waals surface area contributed by atoms with Crippen LogP contribution >= 0.6 is 0 Å². The molecule has 0 radical (unpaired) electrons. The summed E-state index contributed by atoms with van der Waals surface area (Å²) < 4.78 is 36.1. The lowest BCUT2D eigenvalue weighted by atomic mass is 10.1. The average Bonchev–Trinajstić information content (AvgIpc) is 3.87. The number of methoxy groups -OCH3 is 2. The van der Waals surface area contributed by atoms with Gasteiger partial charge < -0.3 is 37.6 Å². The van der Waals surface area contributed by atoms with Crippen molar-refractivity contribution in [1.82, 2.24) is 9.80 Å². The van der Waals surface area contributed by atoms with E-state index in [9.17, 15) is 29.8 Å². The van der Waals surface area contributed by atoms with E-state index in [0.29, 0.717) is 58.4 Å². The number of hydrogen-bond donors (Lipinski definition) is 0. The maximum absolute atomic E-state index is 14.1. The van der Waals surface area contributed by atoms with Gasteiger partial charge in [-0.25, -0.2) is 0 Å². The fraction of sp³-hybridized carbons (Fsp3) is 0.617. The molecule has 65 heavy (non-hydrogen) atoms. The van der Waals surface area contributed by atoms with Crippen molar-refractivity contribution in [2.24, 2.45) is 0 Å². The van der Waals surface area contributed by atoms with E-state index in [2.05, 4.69) is 67.7 Å². The zero-order valence-corrected chi connectivity index (χ0v) is 43.1. The smallest absolute Gasteiger partial charge is 0.286 e. The minimum absolute atomic E-state index is 0.0207. The number of nitro groups is 2. The molecular formula is C47H72N4O12Si2. The highest BCUT2D eigenvalue weighted by molar-refractivity contribution is 6.74. The molecule has 2 saturated heterocycles. The molecule has 0 aromatic heterocycles. The van der Waals surface area contributed by atoms with E-state index in [0.717, 1.165) is 11.1 Å². The molecule has 18 heteroatoms. The van der Waals surface area contributed by atoms with Crippen molar-refractivity contribution in [3.8, 4) is 23.0 Å². The standard InChI is InChI=1S/C47H72N4O12Si2/c1-15-32-22-34(30-62-64(11,12)46(3,4)5)48(28-32)44(52)36-24-40(58-9)42(26-38(36)50(54)55)60-20-18-17-19-21-61-43-27-39(51(56)57)37(25-41(43)59-10)45(53)49-29-33(16-2)23-35(49)31-63-65(13,14)47(6,7)8/h15-16,24-27,34-35H,17-23,28-31H2,1-14H3/b32-15+,33-16+/t34-,35-/m0/s1. The highest BCUT2D eigenvalue weighted by atomic mass is 28.4. The average molecular weight is 941 g/mol. The predicted molar refractivity (Wildman–Crippen MR) is 257 cm³/mol. The first-order valence-electron chi connectivity index (χ1n) is 22.5. The minimum Gasteiger partial charge on any atom is -0.493 e. The highest BCUT2D eigenvalue weighted by Crippen LogP contribution is 2.41. The molecule has 2 fully saturated rings. The van der Waals surface area contributed by atoms with Gasteiger partial charge in [-0.3, -0.25) is 29.8 Å². The topological polar surface area (TPSA) is 182 Å². The summed E-state index contributed by atoms with van der Waals surface area (Å²) in [7, 11) is -1.42. The lowest BCUT2D eigenvalue weighted by Gasteiger charge is -2.38.